The van der Waals surface area contributed by atoms with Crippen LogP contribution in [-0.4, -0.2) is 11.1 Å². The highest BCUT2D eigenvalue weighted by molar-refractivity contribution is 6.05. The Labute approximate surface area is 157 Å². The zero-order valence-electron chi connectivity index (χ0n) is 17.0. The summed E-state index contributed by atoms with van der Waals surface area (Å²) in [4.78, 5) is 12.7. The molecule has 0 fully saturated rings. The number of carbonyl (C=O) groups excluding carboxylic acids is 1. The van der Waals surface area contributed by atoms with Gasteiger partial charge < -0.3 is 4.52 Å². The number of benzene rings is 1. The van der Waals surface area contributed by atoms with Gasteiger partial charge in [-0.15, -0.1) is 0 Å². The summed E-state index contributed by atoms with van der Waals surface area (Å²) in [6, 6.07) is 5.95. The SMILES string of the molecule is CCCCC(CC)(CC)c1cc(NC(=O)c2c(C)cc(C)cc2C)on1. The highest BCUT2D eigenvalue weighted by Crippen LogP contribution is 2.37. The van der Waals surface area contributed by atoms with E-state index >= 15 is 0 Å². The lowest BCUT2D eigenvalue weighted by atomic mass is 9.75. The molecule has 0 unspecified atom stereocenters. The van der Waals surface area contributed by atoms with Gasteiger partial charge in [-0.25, -0.2) is 0 Å². The van der Waals surface area contributed by atoms with Gasteiger partial charge in [0, 0.05) is 17.0 Å². The van der Waals surface area contributed by atoms with Crippen LogP contribution in [-0.2, 0) is 5.41 Å². The van der Waals surface area contributed by atoms with Gasteiger partial charge in [0.05, 0.1) is 5.69 Å². The third-order valence-electron chi connectivity index (χ3n) is 5.56. The normalized spacial score (nSPS) is 11.6. The number of amides is 1. The Kier molecular flexibility index (Phi) is 6.63. The van der Waals surface area contributed by atoms with Crippen LogP contribution in [0, 0.1) is 20.8 Å². The first-order chi connectivity index (χ1) is 12.4. The van der Waals surface area contributed by atoms with Crippen molar-refractivity contribution < 1.29 is 9.32 Å². The molecule has 1 aromatic heterocycles. The van der Waals surface area contributed by atoms with Crippen LogP contribution >= 0.6 is 0 Å². The molecule has 0 aliphatic rings. The second-order valence-corrected chi connectivity index (χ2v) is 7.40. The zero-order valence-corrected chi connectivity index (χ0v) is 17.0. The summed E-state index contributed by atoms with van der Waals surface area (Å²) in [5.74, 6) is 0.280. The van der Waals surface area contributed by atoms with E-state index in [1.165, 1.54) is 0 Å². The van der Waals surface area contributed by atoms with Crippen molar-refractivity contribution in [2.45, 2.75) is 79.1 Å². The van der Waals surface area contributed by atoms with Gasteiger partial charge in [-0.2, -0.15) is 0 Å². The van der Waals surface area contributed by atoms with E-state index in [1.807, 2.05) is 39.0 Å². The average molecular weight is 357 g/mol. The fourth-order valence-electron chi connectivity index (χ4n) is 3.91. The van der Waals surface area contributed by atoms with Crippen LogP contribution in [0.2, 0.25) is 0 Å². The molecule has 0 spiro atoms. The van der Waals surface area contributed by atoms with Crippen molar-refractivity contribution in [1.82, 2.24) is 5.16 Å². The number of anilines is 1. The monoisotopic (exact) mass is 356 g/mol. The molecule has 0 aliphatic heterocycles. The van der Waals surface area contributed by atoms with Gasteiger partial charge >= 0.3 is 0 Å². The minimum absolute atomic E-state index is 0.0260. The first-order valence-electron chi connectivity index (χ1n) is 9.73. The van der Waals surface area contributed by atoms with Crippen molar-refractivity contribution >= 4 is 11.8 Å². The number of hydrogen-bond donors (Lipinski definition) is 1. The predicted octanol–water partition coefficient (Wildman–Crippen LogP) is 6.10. The standard InChI is InChI=1S/C22H32N2O2/c1-7-10-11-22(8-2,9-3)18-14-19(26-24-18)23-21(25)20-16(5)12-15(4)13-17(20)6/h12-14H,7-11H2,1-6H3,(H,23,25). The molecule has 2 aromatic rings. The Morgan fingerprint density at radius 1 is 1.08 bits per heavy atom. The van der Waals surface area contributed by atoms with Crippen molar-refractivity contribution in [3.63, 3.8) is 0 Å². The van der Waals surface area contributed by atoms with Crippen LogP contribution in [0.1, 0.15) is 85.6 Å². The number of aromatic nitrogens is 1. The molecular formula is C22H32N2O2. The van der Waals surface area contributed by atoms with Crippen molar-refractivity contribution in [3.8, 4) is 0 Å². The second-order valence-electron chi connectivity index (χ2n) is 7.40. The van der Waals surface area contributed by atoms with Crippen molar-refractivity contribution in [3.05, 3.63) is 46.1 Å². The van der Waals surface area contributed by atoms with Gasteiger partial charge in [-0.1, -0.05) is 56.5 Å². The maximum Gasteiger partial charge on any atom is 0.258 e. The lowest BCUT2D eigenvalue weighted by Crippen LogP contribution is -2.24. The van der Waals surface area contributed by atoms with E-state index in [9.17, 15) is 4.79 Å². The van der Waals surface area contributed by atoms with E-state index in [0.29, 0.717) is 11.4 Å². The molecule has 2 rings (SSSR count). The fourth-order valence-corrected chi connectivity index (χ4v) is 3.91. The molecule has 1 aromatic carbocycles. The van der Waals surface area contributed by atoms with E-state index < -0.39 is 0 Å². The number of unbranched alkanes of at least 4 members (excludes halogenated alkanes) is 1. The van der Waals surface area contributed by atoms with Crippen LogP contribution in [0.5, 0.6) is 0 Å². The molecule has 0 aliphatic carbocycles. The third-order valence-corrected chi connectivity index (χ3v) is 5.56. The quantitative estimate of drug-likeness (QED) is 0.621. The Bertz CT molecular complexity index is 734. The van der Waals surface area contributed by atoms with Crippen molar-refractivity contribution in [2.24, 2.45) is 0 Å². The van der Waals surface area contributed by atoms with E-state index in [4.69, 9.17) is 4.52 Å². The number of aryl methyl sites for hydroxylation is 3. The highest BCUT2D eigenvalue weighted by Gasteiger charge is 2.31. The Morgan fingerprint density at radius 3 is 2.23 bits per heavy atom. The van der Waals surface area contributed by atoms with Gasteiger partial charge in [-0.05, 0) is 51.2 Å². The molecule has 4 nitrogen and oxygen atoms in total. The largest absolute Gasteiger partial charge is 0.338 e. The predicted molar refractivity (Wildman–Crippen MR) is 107 cm³/mol. The molecule has 0 saturated heterocycles. The van der Waals surface area contributed by atoms with Crippen molar-refractivity contribution in [2.75, 3.05) is 5.32 Å². The maximum absolute atomic E-state index is 12.7. The van der Waals surface area contributed by atoms with Crippen molar-refractivity contribution in [1.29, 1.82) is 0 Å². The molecule has 1 amide bonds. The molecule has 0 saturated carbocycles. The minimum atomic E-state index is -0.144. The molecule has 1 heterocycles. The van der Waals surface area contributed by atoms with Crippen LogP contribution in [0.15, 0.2) is 22.7 Å². The molecule has 142 valence electrons. The summed E-state index contributed by atoms with van der Waals surface area (Å²) < 4.78 is 5.47. The molecule has 0 radical (unpaired) electrons. The summed E-state index contributed by atoms with van der Waals surface area (Å²) in [6.07, 6.45) is 5.44. The Morgan fingerprint density at radius 2 is 1.69 bits per heavy atom. The molecule has 26 heavy (non-hydrogen) atoms. The van der Waals surface area contributed by atoms with Crippen LogP contribution in [0.4, 0.5) is 5.88 Å². The summed E-state index contributed by atoms with van der Waals surface area (Å²) in [5, 5.41) is 7.19. The number of hydrogen-bond acceptors (Lipinski definition) is 3. The van der Waals surface area contributed by atoms with E-state index in [0.717, 1.165) is 54.5 Å². The lowest BCUT2D eigenvalue weighted by Gasteiger charge is -2.29. The third kappa shape index (κ3) is 4.17. The lowest BCUT2D eigenvalue weighted by molar-refractivity contribution is 0.102. The second kappa shape index (κ2) is 8.52. The summed E-state index contributed by atoms with van der Waals surface area (Å²) in [7, 11) is 0. The Balaban J connectivity index is 2.23. The molecule has 1 N–H and O–H groups in total. The van der Waals surface area contributed by atoms with E-state index in [2.05, 4.69) is 31.2 Å². The molecule has 4 heteroatoms. The summed E-state index contributed by atoms with van der Waals surface area (Å²) >= 11 is 0. The minimum Gasteiger partial charge on any atom is -0.338 e. The Hall–Kier alpha value is -2.10. The summed E-state index contributed by atoms with van der Waals surface area (Å²) in [6.45, 7) is 12.6. The van der Waals surface area contributed by atoms with Crippen LogP contribution in [0.3, 0.4) is 0 Å². The maximum atomic E-state index is 12.7. The number of carbonyl (C=O) groups is 1. The number of nitrogens with zero attached hydrogens (tertiary/aromatic N) is 1. The number of nitrogens with one attached hydrogen (secondary N) is 1. The van der Waals surface area contributed by atoms with Gasteiger partial charge in [0.15, 0.2) is 0 Å². The van der Waals surface area contributed by atoms with E-state index in [-0.39, 0.29) is 11.3 Å². The van der Waals surface area contributed by atoms with Crippen LogP contribution < -0.4 is 5.32 Å². The number of rotatable bonds is 8. The summed E-state index contributed by atoms with van der Waals surface area (Å²) in [5.41, 5.74) is 4.78. The first-order valence-corrected chi connectivity index (χ1v) is 9.73. The fraction of sp³-hybridized carbons (Fsp3) is 0.545. The van der Waals surface area contributed by atoms with Gasteiger partial charge in [0.1, 0.15) is 0 Å². The molecule has 0 atom stereocenters. The van der Waals surface area contributed by atoms with Gasteiger partial charge in [0.2, 0.25) is 5.88 Å². The average Bonchev–Trinajstić information content (AvgIpc) is 3.04. The van der Waals surface area contributed by atoms with Crippen LogP contribution in [0.25, 0.3) is 0 Å². The first kappa shape index (κ1) is 20.2. The molecular weight excluding hydrogens is 324 g/mol. The van der Waals surface area contributed by atoms with Gasteiger partial charge in [0.25, 0.3) is 5.91 Å². The topological polar surface area (TPSA) is 55.1 Å². The van der Waals surface area contributed by atoms with Gasteiger partial charge in [-0.3, -0.25) is 10.1 Å². The zero-order chi connectivity index (χ0) is 19.3. The van der Waals surface area contributed by atoms with E-state index in [1.54, 1.807) is 0 Å². The molecule has 0 bridgehead atoms. The smallest absolute Gasteiger partial charge is 0.258 e. The highest BCUT2D eigenvalue weighted by atomic mass is 16.5.